The molecule has 1 unspecified atom stereocenters. The van der Waals surface area contributed by atoms with Crippen LogP contribution in [-0.4, -0.2) is 23.4 Å². The van der Waals surface area contributed by atoms with Gasteiger partial charge in [0.15, 0.2) is 0 Å². The summed E-state index contributed by atoms with van der Waals surface area (Å²) < 4.78 is 0. The third-order valence-electron chi connectivity index (χ3n) is 2.49. The van der Waals surface area contributed by atoms with Gasteiger partial charge in [-0.05, 0) is 32.1 Å². The summed E-state index contributed by atoms with van der Waals surface area (Å²) in [5.41, 5.74) is 0. The molecular formula is C13H23NO. The predicted molar refractivity (Wildman–Crippen MR) is 64.4 cm³/mol. The Kier molecular flexibility index (Phi) is 7.81. The monoisotopic (exact) mass is 209 g/mol. The number of hydrogen-bond donors (Lipinski definition) is 0. The molecule has 0 spiro atoms. The van der Waals surface area contributed by atoms with Crippen LogP contribution in [0.25, 0.3) is 0 Å². The van der Waals surface area contributed by atoms with E-state index in [-0.39, 0.29) is 5.91 Å². The summed E-state index contributed by atoms with van der Waals surface area (Å²) in [6.45, 7) is 8.77. The van der Waals surface area contributed by atoms with Gasteiger partial charge in [0.25, 0.3) is 5.91 Å². The molecule has 1 rings (SSSR count). The molecule has 0 aromatic rings. The van der Waals surface area contributed by atoms with Crippen molar-refractivity contribution < 1.29 is 4.79 Å². The van der Waals surface area contributed by atoms with Crippen LogP contribution in [0.15, 0.2) is 0 Å². The molecule has 0 aliphatic carbocycles. The molecule has 1 atom stereocenters. The maximum Gasteiger partial charge on any atom is 0.298 e. The lowest BCUT2D eigenvalue weighted by Crippen LogP contribution is -2.34. The summed E-state index contributed by atoms with van der Waals surface area (Å²) in [7, 11) is 0. The lowest BCUT2D eigenvalue weighted by Gasteiger charge is -2.21. The third kappa shape index (κ3) is 4.38. The molecular weight excluding hydrogens is 186 g/mol. The van der Waals surface area contributed by atoms with Crippen LogP contribution in [0.3, 0.4) is 0 Å². The standard InChI is InChI=1S/C11H17NO.C2H6/c1-3-6-10-8-5-9-12(10)11(13)7-4-2;1-2/h10H,3,5-6,8-9H2,1-2H3;1-2H3. The van der Waals surface area contributed by atoms with Crippen molar-refractivity contribution in [1.29, 1.82) is 0 Å². The van der Waals surface area contributed by atoms with Crippen molar-refractivity contribution in [1.82, 2.24) is 4.90 Å². The minimum absolute atomic E-state index is 0.0125. The quantitative estimate of drug-likeness (QED) is 0.640. The van der Waals surface area contributed by atoms with E-state index in [1.54, 1.807) is 6.92 Å². The topological polar surface area (TPSA) is 20.3 Å². The molecule has 0 aromatic carbocycles. The Morgan fingerprint density at radius 1 is 1.47 bits per heavy atom. The van der Waals surface area contributed by atoms with Crippen molar-refractivity contribution in [2.24, 2.45) is 0 Å². The zero-order chi connectivity index (χ0) is 11.7. The van der Waals surface area contributed by atoms with E-state index in [1.165, 1.54) is 0 Å². The van der Waals surface area contributed by atoms with E-state index in [0.29, 0.717) is 6.04 Å². The summed E-state index contributed by atoms with van der Waals surface area (Å²) in [5, 5.41) is 0. The van der Waals surface area contributed by atoms with Crippen molar-refractivity contribution in [3.63, 3.8) is 0 Å². The Bertz CT molecular complexity index is 237. The van der Waals surface area contributed by atoms with Gasteiger partial charge in [0, 0.05) is 12.6 Å². The minimum Gasteiger partial charge on any atom is -0.329 e. The molecule has 1 heterocycles. The number of likely N-dealkylation sites (tertiary alicyclic amines) is 1. The van der Waals surface area contributed by atoms with Crippen molar-refractivity contribution in [2.45, 2.75) is 59.4 Å². The average Bonchev–Trinajstić information content (AvgIpc) is 2.70. The van der Waals surface area contributed by atoms with Crippen molar-refractivity contribution in [2.75, 3.05) is 6.54 Å². The van der Waals surface area contributed by atoms with Crippen LogP contribution in [0.1, 0.15) is 53.4 Å². The first-order chi connectivity index (χ1) is 7.29. The van der Waals surface area contributed by atoms with Crippen LogP contribution < -0.4 is 0 Å². The van der Waals surface area contributed by atoms with Gasteiger partial charge >= 0.3 is 0 Å². The molecule has 1 amide bonds. The molecule has 2 heteroatoms. The highest BCUT2D eigenvalue weighted by atomic mass is 16.2. The van der Waals surface area contributed by atoms with Crippen molar-refractivity contribution >= 4 is 5.91 Å². The Labute approximate surface area is 94.0 Å². The molecule has 0 saturated carbocycles. The molecule has 1 saturated heterocycles. The maximum atomic E-state index is 11.5. The molecule has 86 valence electrons. The largest absolute Gasteiger partial charge is 0.329 e. The summed E-state index contributed by atoms with van der Waals surface area (Å²) in [5.74, 6) is 5.29. The lowest BCUT2D eigenvalue weighted by molar-refractivity contribution is -0.125. The van der Waals surface area contributed by atoms with Gasteiger partial charge in [-0.3, -0.25) is 4.79 Å². The van der Waals surface area contributed by atoms with E-state index in [0.717, 1.165) is 32.2 Å². The molecule has 1 fully saturated rings. The first-order valence-electron chi connectivity index (χ1n) is 6.03. The summed E-state index contributed by atoms with van der Waals surface area (Å²) in [6, 6.07) is 0.457. The number of rotatable bonds is 2. The molecule has 1 aliphatic rings. The second-order valence-electron chi connectivity index (χ2n) is 3.46. The predicted octanol–water partition coefficient (Wildman–Crippen LogP) is 2.83. The molecule has 0 bridgehead atoms. The number of carbonyl (C=O) groups excluding carboxylic acids is 1. The Morgan fingerprint density at radius 2 is 2.13 bits per heavy atom. The molecule has 1 aliphatic heterocycles. The lowest BCUT2D eigenvalue weighted by atomic mass is 10.1. The first-order valence-corrected chi connectivity index (χ1v) is 6.03. The van der Waals surface area contributed by atoms with Crippen LogP contribution in [0.5, 0.6) is 0 Å². The van der Waals surface area contributed by atoms with Gasteiger partial charge in [-0.15, -0.1) is 0 Å². The summed E-state index contributed by atoms with van der Waals surface area (Å²) in [4.78, 5) is 13.4. The normalized spacial score (nSPS) is 18.7. The van der Waals surface area contributed by atoms with Gasteiger partial charge in [-0.25, -0.2) is 0 Å². The van der Waals surface area contributed by atoms with Crippen LogP contribution in [0.2, 0.25) is 0 Å². The fraction of sp³-hybridized carbons (Fsp3) is 0.769. The molecule has 0 radical (unpaired) electrons. The molecule has 2 nitrogen and oxygen atoms in total. The van der Waals surface area contributed by atoms with Crippen molar-refractivity contribution in [3.8, 4) is 11.8 Å². The fourth-order valence-corrected chi connectivity index (χ4v) is 1.92. The zero-order valence-corrected chi connectivity index (χ0v) is 10.5. The van der Waals surface area contributed by atoms with Crippen LogP contribution in [-0.2, 0) is 4.79 Å². The fourth-order valence-electron chi connectivity index (χ4n) is 1.92. The highest BCUT2D eigenvalue weighted by molar-refractivity contribution is 5.93. The van der Waals surface area contributed by atoms with Gasteiger partial charge in [0.05, 0.1) is 0 Å². The number of nitrogens with zero attached hydrogens (tertiary/aromatic N) is 1. The van der Waals surface area contributed by atoms with E-state index in [2.05, 4.69) is 18.8 Å². The van der Waals surface area contributed by atoms with E-state index < -0.39 is 0 Å². The zero-order valence-electron chi connectivity index (χ0n) is 10.5. The number of amides is 1. The number of carbonyl (C=O) groups is 1. The second kappa shape index (κ2) is 8.35. The number of hydrogen-bond acceptors (Lipinski definition) is 1. The van der Waals surface area contributed by atoms with Crippen LogP contribution in [0, 0.1) is 11.8 Å². The first kappa shape index (κ1) is 14.0. The molecule has 0 aromatic heterocycles. The van der Waals surface area contributed by atoms with Gasteiger partial charge in [-0.1, -0.05) is 33.1 Å². The van der Waals surface area contributed by atoms with Gasteiger partial charge in [0.1, 0.15) is 0 Å². The van der Waals surface area contributed by atoms with Crippen LogP contribution in [0.4, 0.5) is 0 Å². The summed E-state index contributed by atoms with van der Waals surface area (Å²) >= 11 is 0. The summed E-state index contributed by atoms with van der Waals surface area (Å²) in [6.07, 6.45) is 4.57. The van der Waals surface area contributed by atoms with Gasteiger partial charge < -0.3 is 4.90 Å². The highest BCUT2D eigenvalue weighted by Crippen LogP contribution is 2.20. The Hall–Kier alpha value is -0.970. The van der Waals surface area contributed by atoms with Crippen molar-refractivity contribution in [3.05, 3.63) is 0 Å². The molecule has 15 heavy (non-hydrogen) atoms. The average molecular weight is 209 g/mol. The SMILES string of the molecule is CC.CC#CC(=O)N1CCCC1CCC. The highest BCUT2D eigenvalue weighted by Gasteiger charge is 2.26. The third-order valence-corrected chi connectivity index (χ3v) is 2.49. The Balaban J connectivity index is 0.000000921. The Morgan fingerprint density at radius 3 is 2.67 bits per heavy atom. The van der Waals surface area contributed by atoms with Crippen LogP contribution >= 0.6 is 0 Å². The van der Waals surface area contributed by atoms with E-state index in [4.69, 9.17) is 0 Å². The van der Waals surface area contributed by atoms with E-state index in [1.807, 2.05) is 18.7 Å². The van der Waals surface area contributed by atoms with Gasteiger partial charge in [-0.2, -0.15) is 0 Å². The maximum absolute atomic E-state index is 11.5. The van der Waals surface area contributed by atoms with E-state index in [9.17, 15) is 4.79 Å². The minimum atomic E-state index is 0.0125. The van der Waals surface area contributed by atoms with Gasteiger partial charge in [0.2, 0.25) is 0 Å². The smallest absolute Gasteiger partial charge is 0.298 e. The second-order valence-corrected chi connectivity index (χ2v) is 3.46. The molecule has 0 N–H and O–H groups in total. The van der Waals surface area contributed by atoms with E-state index >= 15 is 0 Å².